The van der Waals surface area contributed by atoms with Gasteiger partial charge in [0.05, 0.1) is 25.4 Å². The van der Waals surface area contributed by atoms with Crippen molar-refractivity contribution in [3.63, 3.8) is 0 Å². The smallest absolute Gasteiger partial charge is 0.342 e. The van der Waals surface area contributed by atoms with Crippen LogP contribution in [0, 0.1) is 18.3 Å². The SMILES string of the molecule is COc1c2c(c(C)c3c1[C@@H](O)C1[C@@](C)(C[C@@]4(O)OC[C@@]5(C)O[C@@]6(OC)CC[C@@]1(C)[C@]54O6)O3)COC2=O. The molecule has 1 aromatic carbocycles. The normalized spacial score (nSPS) is 49.5. The molecule has 5 heterocycles. The summed E-state index contributed by atoms with van der Waals surface area (Å²) in [7, 11) is 3.00. The van der Waals surface area contributed by atoms with E-state index in [0.29, 0.717) is 40.8 Å². The van der Waals surface area contributed by atoms with Crippen molar-refractivity contribution in [3.05, 3.63) is 22.3 Å². The van der Waals surface area contributed by atoms with Crippen LogP contribution in [-0.4, -0.2) is 65.6 Å². The van der Waals surface area contributed by atoms with Crippen molar-refractivity contribution < 1.29 is 48.2 Å². The maximum Gasteiger partial charge on any atom is 0.342 e. The highest BCUT2D eigenvalue weighted by molar-refractivity contribution is 5.98. The Labute approximate surface area is 208 Å². The zero-order valence-electron chi connectivity index (χ0n) is 21.4. The zero-order chi connectivity index (χ0) is 25.7. The molecular formula is C26H32O10. The highest BCUT2D eigenvalue weighted by Crippen LogP contribution is 2.77. The molecular weight excluding hydrogens is 472 g/mol. The van der Waals surface area contributed by atoms with Crippen LogP contribution in [0.2, 0.25) is 0 Å². The Morgan fingerprint density at radius 2 is 1.86 bits per heavy atom. The number of rotatable bonds is 2. The zero-order valence-corrected chi connectivity index (χ0v) is 21.4. The van der Waals surface area contributed by atoms with E-state index in [1.54, 1.807) is 0 Å². The molecule has 7 rings (SSSR count). The summed E-state index contributed by atoms with van der Waals surface area (Å²) in [4.78, 5) is 12.7. The topological polar surface area (TPSA) is 122 Å². The van der Waals surface area contributed by atoms with Crippen LogP contribution in [0.25, 0.3) is 0 Å². The Morgan fingerprint density at radius 3 is 2.56 bits per heavy atom. The van der Waals surface area contributed by atoms with Crippen molar-refractivity contribution in [1.82, 2.24) is 0 Å². The summed E-state index contributed by atoms with van der Waals surface area (Å²) in [6, 6.07) is 0. The summed E-state index contributed by atoms with van der Waals surface area (Å²) >= 11 is 0. The van der Waals surface area contributed by atoms with Gasteiger partial charge in [0.1, 0.15) is 34.9 Å². The van der Waals surface area contributed by atoms with Crippen molar-refractivity contribution in [2.75, 3.05) is 20.8 Å². The van der Waals surface area contributed by atoms with Gasteiger partial charge in [-0.1, -0.05) is 6.92 Å². The van der Waals surface area contributed by atoms with Crippen LogP contribution >= 0.6 is 0 Å². The summed E-state index contributed by atoms with van der Waals surface area (Å²) in [6.07, 6.45) is -0.165. The Balaban J connectivity index is 1.49. The second-order valence-corrected chi connectivity index (χ2v) is 11.8. The molecule has 2 bridgehead atoms. The first-order valence-electron chi connectivity index (χ1n) is 12.4. The van der Waals surface area contributed by atoms with Crippen LogP contribution in [0.15, 0.2) is 0 Å². The fraction of sp³-hybridized carbons (Fsp3) is 0.731. The van der Waals surface area contributed by atoms with Gasteiger partial charge < -0.3 is 43.4 Å². The number of cyclic esters (lactones) is 1. The molecule has 196 valence electrons. The summed E-state index contributed by atoms with van der Waals surface area (Å²) in [5.74, 6) is -3.41. The number of ether oxygens (including phenoxy) is 7. The number of carbonyl (C=O) groups is 1. The molecule has 4 fully saturated rings. The van der Waals surface area contributed by atoms with E-state index in [4.69, 9.17) is 33.2 Å². The summed E-state index contributed by atoms with van der Waals surface area (Å²) in [6.45, 7) is 7.82. The van der Waals surface area contributed by atoms with Crippen molar-refractivity contribution in [1.29, 1.82) is 0 Å². The molecule has 0 radical (unpaired) electrons. The van der Waals surface area contributed by atoms with Crippen molar-refractivity contribution in [2.24, 2.45) is 11.3 Å². The molecule has 1 aromatic rings. The van der Waals surface area contributed by atoms with Crippen molar-refractivity contribution in [3.8, 4) is 11.5 Å². The lowest BCUT2D eigenvalue weighted by Gasteiger charge is -2.67. The summed E-state index contributed by atoms with van der Waals surface area (Å²) < 4.78 is 42.7. The highest BCUT2D eigenvalue weighted by atomic mass is 16.9. The molecule has 1 spiro atoms. The Morgan fingerprint density at radius 1 is 1.11 bits per heavy atom. The van der Waals surface area contributed by atoms with Crippen LogP contribution in [0.3, 0.4) is 0 Å². The van der Waals surface area contributed by atoms with Gasteiger partial charge in [-0.3, -0.25) is 0 Å². The largest absolute Gasteiger partial charge is 0.495 e. The van der Waals surface area contributed by atoms with Gasteiger partial charge in [0.2, 0.25) is 5.79 Å². The maximum atomic E-state index is 12.7. The second-order valence-electron chi connectivity index (χ2n) is 11.8. The molecule has 0 amide bonds. The monoisotopic (exact) mass is 504 g/mol. The third kappa shape index (κ3) is 2.14. The van der Waals surface area contributed by atoms with Gasteiger partial charge >= 0.3 is 5.97 Å². The Hall–Kier alpha value is -1.95. The van der Waals surface area contributed by atoms with E-state index >= 15 is 0 Å². The molecule has 5 aliphatic heterocycles. The summed E-state index contributed by atoms with van der Waals surface area (Å²) in [5, 5.41) is 24.4. The van der Waals surface area contributed by atoms with E-state index < -0.39 is 52.0 Å². The summed E-state index contributed by atoms with van der Waals surface area (Å²) in [5.41, 5.74) is -2.16. The number of esters is 1. The van der Waals surface area contributed by atoms with Gasteiger partial charge in [0, 0.05) is 36.8 Å². The third-order valence-electron chi connectivity index (χ3n) is 10.1. The van der Waals surface area contributed by atoms with Gasteiger partial charge in [-0.25, -0.2) is 4.79 Å². The number of methoxy groups -OCH3 is 2. The average molecular weight is 505 g/mol. The molecule has 10 heteroatoms. The lowest BCUT2D eigenvalue weighted by atomic mass is 9.44. The lowest BCUT2D eigenvalue weighted by molar-refractivity contribution is -0.440. The molecule has 1 unspecified atom stereocenters. The van der Waals surface area contributed by atoms with E-state index in [1.807, 2.05) is 27.7 Å². The van der Waals surface area contributed by atoms with Gasteiger partial charge in [0.25, 0.3) is 5.97 Å². The third-order valence-corrected chi connectivity index (χ3v) is 10.1. The first-order valence-corrected chi connectivity index (χ1v) is 12.4. The highest BCUT2D eigenvalue weighted by Gasteiger charge is 2.90. The quantitative estimate of drug-likeness (QED) is 0.580. The van der Waals surface area contributed by atoms with Crippen molar-refractivity contribution >= 4 is 5.97 Å². The predicted octanol–water partition coefficient (Wildman–Crippen LogP) is 2.24. The predicted molar refractivity (Wildman–Crippen MR) is 120 cm³/mol. The van der Waals surface area contributed by atoms with E-state index in [-0.39, 0.29) is 25.4 Å². The average Bonchev–Trinajstić information content (AvgIpc) is 3.38. The number of hydrogen-bond donors (Lipinski definition) is 2. The first-order chi connectivity index (χ1) is 16.8. The number of fused-ring (bicyclic) bond motifs is 5. The van der Waals surface area contributed by atoms with Crippen LogP contribution in [0.5, 0.6) is 11.5 Å². The number of carbonyl (C=O) groups excluding carboxylic acids is 1. The number of aliphatic hydroxyl groups excluding tert-OH is 1. The molecule has 3 saturated heterocycles. The van der Waals surface area contributed by atoms with E-state index in [2.05, 4.69) is 0 Å². The lowest BCUT2D eigenvalue weighted by Crippen LogP contribution is -2.80. The molecule has 0 aromatic heterocycles. The Kier molecular flexibility index (Phi) is 4.10. The molecule has 36 heavy (non-hydrogen) atoms. The van der Waals surface area contributed by atoms with Gasteiger partial charge in [-0.2, -0.15) is 0 Å². The van der Waals surface area contributed by atoms with E-state index in [1.165, 1.54) is 14.2 Å². The van der Waals surface area contributed by atoms with Crippen LogP contribution < -0.4 is 9.47 Å². The standard InChI is InChI=1S/C26H32O10/c1-12-13-9-32-20(28)14(13)18(30-5)15-16(27)19-21(2)7-8-25(31-6)35-23(4)11-33-24(29,26(21,23)36-25)10-22(19,3)34-17(12)15/h16,19,27,29H,7-11H2,1-6H3/t16-,19?,21-,22-,23-,24-,25+,26+/m1/s1. The van der Waals surface area contributed by atoms with Gasteiger partial charge in [-0.15, -0.1) is 0 Å². The maximum absolute atomic E-state index is 12.7. The molecule has 10 nitrogen and oxygen atoms in total. The van der Waals surface area contributed by atoms with E-state index in [9.17, 15) is 15.0 Å². The minimum absolute atomic E-state index is 0.0315. The number of aliphatic hydroxyl groups is 2. The fourth-order valence-corrected chi connectivity index (χ4v) is 8.91. The molecule has 2 N–H and O–H groups in total. The minimum Gasteiger partial charge on any atom is -0.495 e. The van der Waals surface area contributed by atoms with Crippen molar-refractivity contribution in [2.45, 2.75) is 88.2 Å². The molecule has 6 aliphatic rings. The molecule has 1 aliphatic carbocycles. The first kappa shape index (κ1) is 23.2. The van der Waals surface area contributed by atoms with Gasteiger partial charge in [0.15, 0.2) is 5.60 Å². The second kappa shape index (κ2) is 6.36. The molecule has 8 atom stereocenters. The van der Waals surface area contributed by atoms with E-state index in [0.717, 1.165) is 0 Å². The number of benzene rings is 1. The fourth-order valence-electron chi connectivity index (χ4n) is 8.91. The minimum atomic E-state index is -1.76. The molecule has 1 saturated carbocycles. The van der Waals surface area contributed by atoms with Crippen LogP contribution in [0.1, 0.15) is 73.2 Å². The Bertz CT molecular complexity index is 1230. The number of hydrogen-bond acceptors (Lipinski definition) is 10. The van der Waals surface area contributed by atoms with Crippen LogP contribution in [0.4, 0.5) is 0 Å². The van der Waals surface area contributed by atoms with Gasteiger partial charge in [-0.05, 0) is 32.8 Å². The van der Waals surface area contributed by atoms with Crippen LogP contribution in [-0.2, 0) is 30.3 Å².